The Hall–Kier alpha value is -1.82. The van der Waals surface area contributed by atoms with E-state index in [1.807, 2.05) is 31.9 Å². The molecule has 1 aromatic rings. The monoisotopic (exact) mass is 292 g/mol. The van der Waals surface area contributed by atoms with E-state index in [9.17, 15) is 5.11 Å². The summed E-state index contributed by atoms with van der Waals surface area (Å²) in [4.78, 5) is 6.62. The zero-order valence-electron chi connectivity index (χ0n) is 12.9. The van der Waals surface area contributed by atoms with E-state index in [2.05, 4.69) is 5.16 Å². The Morgan fingerprint density at radius 3 is 2.71 bits per heavy atom. The maximum atomic E-state index is 9.57. The molecule has 4 N–H and O–H groups in total. The first kappa shape index (κ1) is 15.6. The minimum absolute atomic E-state index is 0.0160. The molecule has 0 fully saturated rings. The van der Waals surface area contributed by atoms with E-state index in [1.54, 1.807) is 0 Å². The Kier molecular flexibility index (Phi) is 4.37. The molecule has 0 atom stereocenters. The van der Waals surface area contributed by atoms with Gasteiger partial charge in [-0.3, -0.25) is 0 Å². The number of likely N-dealkylation sites (N-methyl/N-ethyl adjacent to an activating group) is 1. The summed E-state index contributed by atoms with van der Waals surface area (Å²) in [6, 6.07) is 1.97. The minimum atomic E-state index is -0.486. The summed E-state index contributed by atoms with van der Waals surface area (Å²) in [5.74, 6) is 0.691. The van der Waals surface area contributed by atoms with Crippen molar-refractivity contribution in [3.63, 3.8) is 0 Å². The summed E-state index contributed by atoms with van der Waals surface area (Å²) in [6.07, 6.45) is 4.20. The molecule has 1 aromatic heterocycles. The standard InChI is InChI=1S/C15H24N4O2/c1-15(2,9-20)19(3)14-11(13(16)18-21)8-10-6-4-5-7-12(10)17-14/h8,20-21H,4-7,9H2,1-3H3,(H2,16,18). The number of anilines is 1. The van der Waals surface area contributed by atoms with Crippen molar-refractivity contribution in [3.05, 3.63) is 22.9 Å². The number of pyridine rings is 1. The van der Waals surface area contributed by atoms with Gasteiger partial charge in [0.15, 0.2) is 5.84 Å². The van der Waals surface area contributed by atoms with Gasteiger partial charge in [0.05, 0.1) is 17.7 Å². The SMILES string of the molecule is CN(c1nc2c(cc1C(N)=NO)CCCC2)C(C)(C)CO. The van der Waals surface area contributed by atoms with Gasteiger partial charge in [0.1, 0.15) is 5.82 Å². The van der Waals surface area contributed by atoms with Crippen LogP contribution in [0.15, 0.2) is 11.2 Å². The molecule has 1 heterocycles. The molecular formula is C15H24N4O2. The maximum absolute atomic E-state index is 9.57. The van der Waals surface area contributed by atoms with Gasteiger partial charge in [-0.1, -0.05) is 5.16 Å². The van der Waals surface area contributed by atoms with E-state index in [1.165, 1.54) is 5.56 Å². The van der Waals surface area contributed by atoms with Crippen LogP contribution >= 0.6 is 0 Å². The second-order valence-corrected chi connectivity index (χ2v) is 6.19. The van der Waals surface area contributed by atoms with Gasteiger partial charge in [0.2, 0.25) is 0 Å². The summed E-state index contributed by atoms with van der Waals surface area (Å²) < 4.78 is 0. The summed E-state index contributed by atoms with van der Waals surface area (Å²) in [5.41, 5.74) is 8.19. The number of aliphatic hydroxyl groups excluding tert-OH is 1. The van der Waals surface area contributed by atoms with E-state index in [0.717, 1.165) is 31.4 Å². The minimum Gasteiger partial charge on any atom is -0.409 e. The average Bonchev–Trinajstić information content (AvgIpc) is 2.52. The van der Waals surface area contributed by atoms with Crippen LogP contribution in [0.5, 0.6) is 0 Å². The maximum Gasteiger partial charge on any atom is 0.173 e. The van der Waals surface area contributed by atoms with Gasteiger partial charge in [-0.05, 0) is 51.2 Å². The quantitative estimate of drug-likeness (QED) is 0.336. The summed E-state index contributed by atoms with van der Waals surface area (Å²) in [5, 5.41) is 21.7. The topological polar surface area (TPSA) is 95.0 Å². The van der Waals surface area contributed by atoms with Crippen molar-refractivity contribution in [1.29, 1.82) is 0 Å². The Labute approximate surface area is 125 Å². The number of aromatic nitrogens is 1. The van der Waals surface area contributed by atoms with Crippen LogP contribution in [0.2, 0.25) is 0 Å². The number of amidine groups is 1. The molecule has 1 aliphatic rings. The van der Waals surface area contributed by atoms with E-state index in [-0.39, 0.29) is 12.4 Å². The predicted octanol–water partition coefficient (Wildman–Crippen LogP) is 1.26. The molecule has 6 heteroatoms. The van der Waals surface area contributed by atoms with Gasteiger partial charge in [0, 0.05) is 12.7 Å². The first-order valence-corrected chi connectivity index (χ1v) is 7.26. The molecular weight excluding hydrogens is 268 g/mol. The Bertz CT molecular complexity index is 555. The third kappa shape index (κ3) is 2.95. The summed E-state index contributed by atoms with van der Waals surface area (Å²) in [7, 11) is 1.86. The fourth-order valence-electron chi connectivity index (χ4n) is 2.51. The number of rotatable bonds is 4. The smallest absolute Gasteiger partial charge is 0.173 e. The van der Waals surface area contributed by atoms with Crippen molar-refractivity contribution in [2.75, 3.05) is 18.6 Å². The highest BCUT2D eigenvalue weighted by atomic mass is 16.4. The molecule has 0 saturated carbocycles. The Morgan fingerprint density at radius 1 is 1.43 bits per heavy atom. The number of aryl methyl sites for hydroxylation is 2. The van der Waals surface area contributed by atoms with Crippen LogP contribution in [0.1, 0.15) is 43.5 Å². The highest BCUT2D eigenvalue weighted by Gasteiger charge is 2.28. The lowest BCUT2D eigenvalue weighted by atomic mass is 9.94. The van der Waals surface area contributed by atoms with Crippen LogP contribution in [0, 0.1) is 0 Å². The number of hydrogen-bond donors (Lipinski definition) is 3. The molecule has 2 rings (SSSR count). The van der Waals surface area contributed by atoms with Crippen LogP contribution in [-0.2, 0) is 12.8 Å². The molecule has 0 unspecified atom stereocenters. The van der Waals surface area contributed by atoms with Crippen molar-refractivity contribution in [2.24, 2.45) is 10.9 Å². The van der Waals surface area contributed by atoms with E-state index in [0.29, 0.717) is 11.4 Å². The molecule has 0 aromatic carbocycles. The molecule has 0 radical (unpaired) electrons. The van der Waals surface area contributed by atoms with Gasteiger partial charge in [0.25, 0.3) is 0 Å². The van der Waals surface area contributed by atoms with Crippen molar-refractivity contribution in [1.82, 2.24) is 4.98 Å². The van der Waals surface area contributed by atoms with Gasteiger partial charge in [-0.15, -0.1) is 0 Å². The lowest BCUT2D eigenvalue weighted by molar-refractivity contribution is 0.215. The molecule has 0 amide bonds. The number of fused-ring (bicyclic) bond motifs is 1. The fourth-order valence-corrected chi connectivity index (χ4v) is 2.51. The largest absolute Gasteiger partial charge is 0.409 e. The van der Waals surface area contributed by atoms with Gasteiger partial charge in [-0.2, -0.15) is 0 Å². The van der Waals surface area contributed by atoms with Crippen LogP contribution in [0.3, 0.4) is 0 Å². The molecule has 0 saturated heterocycles. The zero-order valence-corrected chi connectivity index (χ0v) is 12.9. The lowest BCUT2D eigenvalue weighted by Crippen LogP contribution is -2.46. The molecule has 0 aliphatic heterocycles. The van der Waals surface area contributed by atoms with E-state index >= 15 is 0 Å². The average molecular weight is 292 g/mol. The molecule has 0 spiro atoms. The van der Waals surface area contributed by atoms with Crippen molar-refractivity contribution >= 4 is 11.7 Å². The number of hydrogen-bond acceptors (Lipinski definition) is 5. The summed E-state index contributed by atoms with van der Waals surface area (Å²) >= 11 is 0. The van der Waals surface area contributed by atoms with Gasteiger partial charge in [-0.25, -0.2) is 4.98 Å². The molecule has 1 aliphatic carbocycles. The van der Waals surface area contributed by atoms with E-state index in [4.69, 9.17) is 15.9 Å². The van der Waals surface area contributed by atoms with E-state index < -0.39 is 5.54 Å². The predicted molar refractivity (Wildman–Crippen MR) is 83.0 cm³/mol. The molecule has 116 valence electrons. The van der Waals surface area contributed by atoms with Crippen LogP contribution < -0.4 is 10.6 Å². The first-order chi connectivity index (χ1) is 9.90. The number of nitrogens with two attached hydrogens (primary N) is 1. The zero-order chi connectivity index (χ0) is 15.6. The molecule has 21 heavy (non-hydrogen) atoms. The van der Waals surface area contributed by atoms with Crippen molar-refractivity contribution < 1.29 is 10.3 Å². The highest BCUT2D eigenvalue weighted by molar-refractivity contribution is 6.01. The Morgan fingerprint density at radius 2 is 2.10 bits per heavy atom. The number of nitrogens with zero attached hydrogens (tertiary/aromatic N) is 3. The third-order valence-corrected chi connectivity index (χ3v) is 4.28. The first-order valence-electron chi connectivity index (χ1n) is 7.26. The normalized spacial score (nSPS) is 15.7. The van der Waals surface area contributed by atoms with Crippen molar-refractivity contribution in [2.45, 2.75) is 45.1 Å². The molecule has 0 bridgehead atoms. The fraction of sp³-hybridized carbons (Fsp3) is 0.600. The van der Waals surface area contributed by atoms with Crippen molar-refractivity contribution in [3.8, 4) is 0 Å². The van der Waals surface area contributed by atoms with Gasteiger partial charge < -0.3 is 20.9 Å². The highest BCUT2D eigenvalue weighted by Crippen LogP contribution is 2.29. The second-order valence-electron chi connectivity index (χ2n) is 6.19. The van der Waals surface area contributed by atoms with Crippen LogP contribution in [0.25, 0.3) is 0 Å². The Balaban J connectivity index is 2.57. The summed E-state index contributed by atoms with van der Waals surface area (Å²) in [6.45, 7) is 3.83. The second kappa shape index (κ2) is 5.89. The van der Waals surface area contributed by atoms with Crippen LogP contribution in [-0.4, -0.2) is 40.3 Å². The van der Waals surface area contributed by atoms with Gasteiger partial charge >= 0.3 is 0 Å². The lowest BCUT2D eigenvalue weighted by Gasteiger charge is -2.36. The number of aliphatic hydroxyl groups is 1. The van der Waals surface area contributed by atoms with Crippen LogP contribution in [0.4, 0.5) is 5.82 Å². The number of oxime groups is 1. The third-order valence-electron chi connectivity index (χ3n) is 4.28. The molecule has 6 nitrogen and oxygen atoms in total.